The number of hydrogen-bond acceptors (Lipinski definition) is 3. The Hall–Kier alpha value is -0.940. The van der Waals surface area contributed by atoms with Crippen LogP contribution in [-0.4, -0.2) is 27.8 Å². The maximum atomic E-state index is 13.5. The van der Waals surface area contributed by atoms with Gasteiger partial charge in [-0.2, -0.15) is 0 Å². The van der Waals surface area contributed by atoms with E-state index in [9.17, 15) is 12.8 Å². The highest BCUT2D eigenvalue weighted by Crippen LogP contribution is 2.22. The predicted molar refractivity (Wildman–Crippen MR) is 68.8 cm³/mol. The zero-order valence-electron chi connectivity index (χ0n) is 10.4. The van der Waals surface area contributed by atoms with E-state index in [0.717, 1.165) is 44.2 Å². The van der Waals surface area contributed by atoms with Gasteiger partial charge in [0, 0.05) is 6.26 Å². The molecule has 1 aromatic rings. The van der Waals surface area contributed by atoms with Gasteiger partial charge >= 0.3 is 0 Å². The third kappa shape index (κ3) is 3.29. The van der Waals surface area contributed by atoms with Crippen molar-refractivity contribution >= 4 is 9.84 Å². The number of rotatable bonds is 3. The van der Waals surface area contributed by atoms with Crippen molar-refractivity contribution in [1.29, 1.82) is 0 Å². The van der Waals surface area contributed by atoms with Crippen LogP contribution in [0.2, 0.25) is 0 Å². The van der Waals surface area contributed by atoms with Crippen LogP contribution in [0.3, 0.4) is 0 Å². The van der Waals surface area contributed by atoms with Gasteiger partial charge in [-0.25, -0.2) is 12.8 Å². The molecule has 3 nitrogen and oxygen atoms in total. The molecule has 100 valence electrons. The van der Waals surface area contributed by atoms with Crippen LogP contribution in [0.25, 0.3) is 0 Å². The molecule has 1 aliphatic heterocycles. The van der Waals surface area contributed by atoms with E-state index in [-0.39, 0.29) is 4.90 Å². The Bertz CT molecular complexity index is 522. The lowest BCUT2D eigenvalue weighted by Gasteiger charge is -2.22. The monoisotopic (exact) mass is 271 g/mol. The highest BCUT2D eigenvalue weighted by atomic mass is 32.2. The molecule has 1 N–H and O–H groups in total. The summed E-state index contributed by atoms with van der Waals surface area (Å²) in [4.78, 5) is -0.186. The highest BCUT2D eigenvalue weighted by Gasteiger charge is 2.17. The second kappa shape index (κ2) is 5.36. The summed E-state index contributed by atoms with van der Waals surface area (Å²) in [5, 5.41) is 3.29. The van der Waals surface area contributed by atoms with Crippen LogP contribution in [0.15, 0.2) is 23.1 Å². The molecule has 0 radical (unpaired) electrons. The van der Waals surface area contributed by atoms with Crippen molar-refractivity contribution in [1.82, 2.24) is 5.32 Å². The predicted octanol–water partition coefficient (Wildman–Crippen LogP) is 1.77. The molecule has 0 bridgehead atoms. The van der Waals surface area contributed by atoms with Gasteiger partial charge in [0.05, 0.1) is 0 Å². The standard InChI is InChI=1S/C13H18FNO2S/c1-18(16,17)13-9-11(2-3-12(13)14)8-10-4-6-15-7-5-10/h2-3,9-10,15H,4-8H2,1H3. The number of benzene rings is 1. The largest absolute Gasteiger partial charge is 0.317 e. The number of sulfone groups is 1. The maximum absolute atomic E-state index is 13.5. The summed E-state index contributed by atoms with van der Waals surface area (Å²) < 4.78 is 36.4. The van der Waals surface area contributed by atoms with Gasteiger partial charge in [-0.3, -0.25) is 0 Å². The van der Waals surface area contributed by atoms with E-state index in [1.807, 2.05) is 0 Å². The van der Waals surface area contributed by atoms with Crippen molar-refractivity contribution in [3.63, 3.8) is 0 Å². The Kier molecular flexibility index (Phi) is 4.02. The van der Waals surface area contributed by atoms with Crippen molar-refractivity contribution < 1.29 is 12.8 Å². The summed E-state index contributed by atoms with van der Waals surface area (Å²) in [7, 11) is -3.48. The molecule has 0 saturated carbocycles. The minimum atomic E-state index is -3.48. The molecule has 0 amide bonds. The van der Waals surface area contributed by atoms with E-state index in [0.29, 0.717) is 5.92 Å². The van der Waals surface area contributed by atoms with E-state index in [1.165, 1.54) is 12.1 Å². The van der Waals surface area contributed by atoms with E-state index >= 15 is 0 Å². The molecule has 0 aliphatic carbocycles. The molecule has 1 saturated heterocycles. The van der Waals surface area contributed by atoms with Gasteiger partial charge in [-0.1, -0.05) is 6.07 Å². The van der Waals surface area contributed by atoms with E-state index in [1.54, 1.807) is 6.07 Å². The fourth-order valence-electron chi connectivity index (χ4n) is 2.38. The molecule has 1 aromatic carbocycles. The summed E-state index contributed by atoms with van der Waals surface area (Å²) in [6.45, 7) is 2.01. The zero-order valence-corrected chi connectivity index (χ0v) is 11.3. The molecule has 0 unspecified atom stereocenters. The Labute approximate surface area is 107 Å². The van der Waals surface area contributed by atoms with Crippen LogP contribution in [0.1, 0.15) is 18.4 Å². The van der Waals surface area contributed by atoms with E-state index in [2.05, 4.69) is 5.32 Å². The first kappa shape index (κ1) is 13.5. The lowest BCUT2D eigenvalue weighted by Crippen LogP contribution is -2.28. The topological polar surface area (TPSA) is 46.2 Å². The van der Waals surface area contributed by atoms with Gasteiger partial charge in [0.15, 0.2) is 9.84 Å². The second-order valence-corrected chi connectivity index (χ2v) is 6.92. The van der Waals surface area contributed by atoms with Crippen molar-refractivity contribution in [3.8, 4) is 0 Å². The minimum Gasteiger partial charge on any atom is -0.317 e. The van der Waals surface area contributed by atoms with Gasteiger partial charge in [-0.05, 0) is 56.0 Å². The van der Waals surface area contributed by atoms with Gasteiger partial charge in [0.1, 0.15) is 10.7 Å². The summed E-state index contributed by atoms with van der Waals surface area (Å²) in [5.74, 6) is -0.101. The first-order valence-electron chi connectivity index (χ1n) is 6.16. The van der Waals surface area contributed by atoms with E-state index in [4.69, 9.17) is 0 Å². The average Bonchev–Trinajstić information content (AvgIpc) is 2.31. The second-order valence-electron chi connectivity index (χ2n) is 4.93. The van der Waals surface area contributed by atoms with Gasteiger partial charge in [0.25, 0.3) is 0 Å². The van der Waals surface area contributed by atoms with Gasteiger partial charge < -0.3 is 5.32 Å². The molecule has 2 rings (SSSR count). The molecule has 0 aromatic heterocycles. The molecular formula is C13H18FNO2S. The van der Waals surface area contributed by atoms with Crippen molar-refractivity contribution in [2.24, 2.45) is 5.92 Å². The molecular weight excluding hydrogens is 253 g/mol. The number of hydrogen-bond donors (Lipinski definition) is 1. The van der Waals surface area contributed by atoms with Crippen LogP contribution >= 0.6 is 0 Å². The van der Waals surface area contributed by atoms with E-state index < -0.39 is 15.7 Å². The van der Waals surface area contributed by atoms with Crippen LogP contribution in [-0.2, 0) is 16.3 Å². The first-order valence-corrected chi connectivity index (χ1v) is 8.05. The maximum Gasteiger partial charge on any atom is 0.178 e. The normalized spacial score (nSPS) is 17.9. The fourth-order valence-corrected chi connectivity index (χ4v) is 3.17. The number of piperidine rings is 1. The van der Waals surface area contributed by atoms with Crippen LogP contribution < -0.4 is 5.32 Å². The zero-order chi connectivity index (χ0) is 13.2. The van der Waals surface area contributed by atoms with Gasteiger partial charge in [-0.15, -0.1) is 0 Å². The highest BCUT2D eigenvalue weighted by molar-refractivity contribution is 7.90. The lowest BCUT2D eigenvalue weighted by atomic mass is 9.91. The Balaban J connectivity index is 2.19. The molecule has 5 heteroatoms. The SMILES string of the molecule is CS(=O)(=O)c1cc(CC2CCNCC2)ccc1F. The Morgan fingerprint density at radius 1 is 1.33 bits per heavy atom. The summed E-state index contributed by atoms with van der Waals surface area (Å²) in [6.07, 6.45) is 4.04. The fraction of sp³-hybridized carbons (Fsp3) is 0.538. The minimum absolute atomic E-state index is 0.186. The van der Waals surface area contributed by atoms with Crippen LogP contribution in [0.5, 0.6) is 0 Å². The molecule has 0 atom stereocenters. The van der Waals surface area contributed by atoms with Crippen molar-refractivity contribution in [2.45, 2.75) is 24.2 Å². The third-order valence-electron chi connectivity index (χ3n) is 3.38. The van der Waals surface area contributed by atoms with Gasteiger partial charge in [0.2, 0.25) is 0 Å². The molecule has 0 spiro atoms. The summed E-state index contributed by atoms with van der Waals surface area (Å²) >= 11 is 0. The molecule has 1 fully saturated rings. The van der Waals surface area contributed by atoms with Crippen LogP contribution in [0, 0.1) is 11.7 Å². The van der Waals surface area contributed by atoms with Crippen molar-refractivity contribution in [3.05, 3.63) is 29.6 Å². The average molecular weight is 271 g/mol. The van der Waals surface area contributed by atoms with Crippen molar-refractivity contribution in [2.75, 3.05) is 19.3 Å². The molecule has 1 heterocycles. The molecule has 18 heavy (non-hydrogen) atoms. The molecule has 1 aliphatic rings. The third-order valence-corrected chi connectivity index (χ3v) is 4.49. The lowest BCUT2D eigenvalue weighted by molar-refractivity contribution is 0.372. The quantitative estimate of drug-likeness (QED) is 0.911. The first-order chi connectivity index (χ1) is 8.47. The smallest absolute Gasteiger partial charge is 0.178 e. The number of nitrogens with one attached hydrogen (secondary N) is 1. The Morgan fingerprint density at radius 2 is 2.00 bits per heavy atom. The number of halogens is 1. The Morgan fingerprint density at radius 3 is 2.61 bits per heavy atom. The summed E-state index contributed by atoms with van der Waals surface area (Å²) in [5.41, 5.74) is 0.906. The van der Waals surface area contributed by atoms with Crippen LogP contribution in [0.4, 0.5) is 4.39 Å². The summed E-state index contributed by atoms with van der Waals surface area (Å²) in [6, 6.07) is 4.42.